The fraction of sp³-hybridized carbons (Fsp3) is 0.364. The molecule has 0 heterocycles. The molecule has 0 aliphatic rings. The van der Waals surface area contributed by atoms with Crippen LogP contribution in [0, 0.1) is 6.92 Å². The van der Waals surface area contributed by atoms with Crippen molar-refractivity contribution in [2.24, 2.45) is 0 Å². The first-order valence-corrected chi connectivity index (χ1v) is 4.69. The lowest BCUT2D eigenvalue weighted by molar-refractivity contribution is -0.166. The second-order valence-electron chi connectivity index (χ2n) is 3.40. The molecule has 6 heteroatoms. The number of alkyl halides is 2. The Labute approximate surface area is 96.8 Å². The smallest absolute Gasteiger partial charge is 0.379 e. The number of benzene rings is 1. The summed E-state index contributed by atoms with van der Waals surface area (Å²) in [5.74, 6) is -5.82. The predicted molar refractivity (Wildman–Crippen MR) is 55.8 cm³/mol. The molecule has 0 aliphatic heterocycles. The van der Waals surface area contributed by atoms with E-state index in [0.29, 0.717) is 0 Å². The van der Waals surface area contributed by atoms with Gasteiger partial charge >= 0.3 is 11.9 Å². The molecule has 1 rings (SSSR count). The van der Waals surface area contributed by atoms with Crippen LogP contribution in [0.4, 0.5) is 8.78 Å². The largest absolute Gasteiger partial charge is 0.493 e. The van der Waals surface area contributed by atoms with Crippen LogP contribution in [-0.2, 0) is 10.7 Å². The van der Waals surface area contributed by atoms with Crippen LogP contribution in [0.3, 0.4) is 0 Å². The maximum absolute atomic E-state index is 13.4. The lowest BCUT2D eigenvalue weighted by Gasteiger charge is -2.17. The number of aryl methyl sites for hydroxylation is 1. The number of methoxy groups -OCH3 is 2. The molecule has 0 fully saturated rings. The Hall–Kier alpha value is -1.85. The third kappa shape index (κ3) is 2.30. The Morgan fingerprint density at radius 2 is 1.71 bits per heavy atom. The van der Waals surface area contributed by atoms with Crippen LogP contribution < -0.4 is 9.47 Å². The summed E-state index contributed by atoms with van der Waals surface area (Å²) in [6.45, 7) is 1.38. The van der Waals surface area contributed by atoms with E-state index in [1.807, 2.05) is 0 Å². The van der Waals surface area contributed by atoms with Gasteiger partial charge in [0, 0.05) is 5.56 Å². The van der Waals surface area contributed by atoms with Gasteiger partial charge in [-0.25, -0.2) is 4.79 Å². The number of rotatable bonds is 4. The number of hydrogen-bond donors (Lipinski definition) is 1. The molecule has 0 saturated heterocycles. The highest BCUT2D eigenvalue weighted by molar-refractivity contribution is 5.78. The van der Waals surface area contributed by atoms with E-state index in [9.17, 15) is 13.6 Å². The number of aliphatic carboxylic acids is 1. The molecule has 4 nitrogen and oxygen atoms in total. The molecule has 94 valence electrons. The molecule has 1 aromatic rings. The van der Waals surface area contributed by atoms with Gasteiger partial charge in [-0.15, -0.1) is 0 Å². The first-order valence-electron chi connectivity index (χ1n) is 4.69. The van der Waals surface area contributed by atoms with Gasteiger partial charge in [-0.1, -0.05) is 0 Å². The number of carbonyl (C=O) groups is 1. The summed E-state index contributed by atoms with van der Waals surface area (Å²) in [5.41, 5.74) is -0.488. The van der Waals surface area contributed by atoms with Crippen molar-refractivity contribution in [1.29, 1.82) is 0 Å². The lowest BCUT2D eigenvalue weighted by Crippen LogP contribution is -2.26. The van der Waals surface area contributed by atoms with Gasteiger partial charge < -0.3 is 14.6 Å². The quantitative estimate of drug-likeness (QED) is 0.884. The summed E-state index contributed by atoms with van der Waals surface area (Å²) in [6.07, 6.45) is 0. The molecular formula is C11H12F2O4. The Morgan fingerprint density at radius 3 is 2.12 bits per heavy atom. The standard InChI is InChI=1S/C11H12F2O4/c1-6-4-8(16-2)9(17-3)5-7(6)11(12,13)10(14)15/h4-5H,1-3H3,(H,14,15). The van der Waals surface area contributed by atoms with Crippen LogP contribution in [0.5, 0.6) is 11.5 Å². The van der Waals surface area contributed by atoms with E-state index in [2.05, 4.69) is 0 Å². The first kappa shape index (κ1) is 13.2. The predicted octanol–water partition coefficient (Wildman–Crippen LogP) is 2.19. The molecule has 0 atom stereocenters. The zero-order valence-electron chi connectivity index (χ0n) is 9.58. The summed E-state index contributed by atoms with van der Waals surface area (Å²) in [7, 11) is 2.65. The van der Waals surface area contributed by atoms with Crippen molar-refractivity contribution in [3.8, 4) is 11.5 Å². The Kier molecular flexibility index (Phi) is 3.55. The Balaban J connectivity index is 3.41. The zero-order chi connectivity index (χ0) is 13.2. The molecule has 0 bridgehead atoms. The molecule has 0 saturated carbocycles. The molecule has 0 amide bonds. The molecule has 1 N–H and O–H groups in total. The van der Waals surface area contributed by atoms with E-state index in [0.717, 1.165) is 6.07 Å². The van der Waals surface area contributed by atoms with Gasteiger partial charge in [-0.2, -0.15) is 8.78 Å². The summed E-state index contributed by atoms with van der Waals surface area (Å²) in [4.78, 5) is 10.5. The van der Waals surface area contributed by atoms with Crippen molar-refractivity contribution in [2.45, 2.75) is 12.8 Å². The van der Waals surface area contributed by atoms with E-state index in [1.54, 1.807) is 0 Å². The SMILES string of the molecule is COc1cc(C)c(C(F)(F)C(=O)O)cc1OC. The molecule has 17 heavy (non-hydrogen) atoms. The minimum atomic E-state index is -3.95. The molecule has 0 aromatic heterocycles. The summed E-state index contributed by atoms with van der Waals surface area (Å²) in [6, 6.07) is 2.29. The Bertz CT molecular complexity index is 443. The van der Waals surface area contributed by atoms with Crippen LogP contribution in [-0.4, -0.2) is 25.3 Å². The highest BCUT2D eigenvalue weighted by atomic mass is 19.3. The molecular weight excluding hydrogens is 234 g/mol. The van der Waals surface area contributed by atoms with Gasteiger partial charge in [0.05, 0.1) is 14.2 Å². The third-order valence-corrected chi connectivity index (χ3v) is 2.34. The lowest BCUT2D eigenvalue weighted by atomic mass is 10.0. The minimum absolute atomic E-state index is 0.0639. The van der Waals surface area contributed by atoms with Gasteiger partial charge in [-0.05, 0) is 24.6 Å². The van der Waals surface area contributed by atoms with Crippen LogP contribution in [0.2, 0.25) is 0 Å². The monoisotopic (exact) mass is 246 g/mol. The second-order valence-corrected chi connectivity index (χ2v) is 3.40. The molecule has 0 radical (unpaired) electrons. The molecule has 0 unspecified atom stereocenters. The van der Waals surface area contributed by atoms with Crippen molar-refractivity contribution in [1.82, 2.24) is 0 Å². The van der Waals surface area contributed by atoms with Gasteiger partial charge in [-0.3, -0.25) is 0 Å². The summed E-state index contributed by atoms with van der Waals surface area (Å²) < 4.78 is 36.6. The average molecular weight is 246 g/mol. The van der Waals surface area contributed by atoms with Crippen molar-refractivity contribution < 1.29 is 28.2 Å². The number of hydrogen-bond acceptors (Lipinski definition) is 3. The molecule has 0 spiro atoms. The molecule has 0 aliphatic carbocycles. The normalized spacial score (nSPS) is 11.1. The highest BCUT2D eigenvalue weighted by Gasteiger charge is 2.42. The number of halogens is 2. The first-order chi connectivity index (χ1) is 7.84. The zero-order valence-corrected chi connectivity index (χ0v) is 9.58. The van der Waals surface area contributed by atoms with E-state index in [-0.39, 0.29) is 17.1 Å². The van der Waals surface area contributed by atoms with E-state index < -0.39 is 17.5 Å². The van der Waals surface area contributed by atoms with Gasteiger partial charge in [0.15, 0.2) is 11.5 Å². The molecule has 1 aromatic carbocycles. The van der Waals surface area contributed by atoms with Gasteiger partial charge in [0.1, 0.15) is 0 Å². The maximum Gasteiger partial charge on any atom is 0.379 e. The van der Waals surface area contributed by atoms with E-state index in [4.69, 9.17) is 14.6 Å². The van der Waals surface area contributed by atoms with E-state index >= 15 is 0 Å². The third-order valence-electron chi connectivity index (χ3n) is 2.34. The van der Waals surface area contributed by atoms with Crippen molar-refractivity contribution in [3.63, 3.8) is 0 Å². The minimum Gasteiger partial charge on any atom is -0.493 e. The second kappa shape index (κ2) is 4.57. The van der Waals surface area contributed by atoms with Crippen LogP contribution >= 0.6 is 0 Å². The average Bonchev–Trinajstić information content (AvgIpc) is 2.27. The van der Waals surface area contributed by atoms with E-state index in [1.165, 1.54) is 27.2 Å². The fourth-order valence-electron chi connectivity index (χ4n) is 1.43. The highest BCUT2D eigenvalue weighted by Crippen LogP contribution is 2.38. The van der Waals surface area contributed by atoms with Crippen molar-refractivity contribution >= 4 is 5.97 Å². The summed E-state index contributed by atoms with van der Waals surface area (Å²) >= 11 is 0. The van der Waals surface area contributed by atoms with Crippen molar-refractivity contribution in [2.75, 3.05) is 14.2 Å². The number of carboxylic acids is 1. The van der Waals surface area contributed by atoms with Crippen LogP contribution in [0.1, 0.15) is 11.1 Å². The Morgan fingerprint density at radius 1 is 1.24 bits per heavy atom. The number of ether oxygens (including phenoxy) is 2. The fourth-order valence-corrected chi connectivity index (χ4v) is 1.43. The van der Waals surface area contributed by atoms with Crippen molar-refractivity contribution in [3.05, 3.63) is 23.3 Å². The summed E-state index contributed by atoms with van der Waals surface area (Å²) in [5, 5.41) is 8.49. The topological polar surface area (TPSA) is 55.8 Å². The number of carboxylic acid groups (broad SMARTS) is 1. The van der Waals surface area contributed by atoms with Crippen LogP contribution in [0.25, 0.3) is 0 Å². The van der Waals surface area contributed by atoms with Gasteiger partial charge in [0.25, 0.3) is 0 Å². The maximum atomic E-state index is 13.4. The van der Waals surface area contributed by atoms with Crippen LogP contribution in [0.15, 0.2) is 12.1 Å². The van der Waals surface area contributed by atoms with Gasteiger partial charge in [0.2, 0.25) is 0 Å².